The Hall–Kier alpha value is -3.14. The number of ether oxygens (including phenoxy) is 2. The molecule has 0 aliphatic rings. The van der Waals surface area contributed by atoms with Crippen LogP contribution in [0.2, 0.25) is 0 Å². The molecule has 2 rings (SSSR count). The van der Waals surface area contributed by atoms with Gasteiger partial charge in [0.15, 0.2) is 13.2 Å². The summed E-state index contributed by atoms with van der Waals surface area (Å²) in [6.07, 6.45) is -2.98. The van der Waals surface area contributed by atoms with Crippen LogP contribution in [0.1, 0.15) is 23.0 Å². The zero-order chi connectivity index (χ0) is 21.3. The van der Waals surface area contributed by atoms with Gasteiger partial charge in [0.25, 0.3) is 5.91 Å². The molecular weight excluding hydrogens is 393 g/mol. The Morgan fingerprint density at radius 3 is 2.59 bits per heavy atom. The van der Waals surface area contributed by atoms with E-state index >= 15 is 0 Å². The van der Waals surface area contributed by atoms with Crippen molar-refractivity contribution >= 4 is 11.9 Å². The fourth-order valence-corrected chi connectivity index (χ4v) is 2.18. The number of hydroxylamine groups is 2. The molecule has 1 aromatic heterocycles. The Bertz CT molecular complexity index is 815. The first-order valence-corrected chi connectivity index (χ1v) is 8.58. The van der Waals surface area contributed by atoms with Crippen molar-refractivity contribution in [3.8, 4) is 5.75 Å². The molecule has 0 spiro atoms. The molecule has 0 saturated heterocycles. The van der Waals surface area contributed by atoms with Gasteiger partial charge in [-0.25, -0.2) is 9.86 Å². The lowest BCUT2D eigenvalue weighted by Gasteiger charge is -2.21. The Kier molecular flexibility index (Phi) is 7.96. The summed E-state index contributed by atoms with van der Waals surface area (Å²) >= 11 is 0. The highest BCUT2D eigenvalue weighted by Gasteiger charge is 2.28. The molecule has 0 saturated carbocycles. The predicted octanol–water partition coefficient (Wildman–Crippen LogP) is 3.16. The van der Waals surface area contributed by atoms with Gasteiger partial charge in [0.2, 0.25) is 0 Å². The quantitative estimate of drug-likeness (QED) is 0.465. The van der Waals surface area contributed by atoms with Crippen molar-refractivity contribution in [2.45, 2.75) is 19.6 Å². The second kappa shape index (κ2) is 10.4. The van der Waals surface area contributed by atoms with Crippen molar-refractivity contribution in [3.05, 3.63) is 59.9 Å². The number of esters is 1. The third-order valence-electron chi connectivity index (χ3n) is 3.39. The highest BCUT2D eigenvalue weighted by Crippen LogP contribution is 2.20. The number of halogens is 3. The smallest absolute Gasteiger partial charge is 0.422 e. The average Bonchev–Trinajstić information content (AvgIpc) is 2.70. The molecule has 156 valence electrons. The number of amides is 1. The van der Waals surface area contributed by atoms with Gasteiger partial charge in [-0.15, -0.1) is 0 Å². The summed E-state index contributed by atoms with van der Waals surface area (Å²) in [5, 5.41) is 0.891. The van der Waals surface area contributed by atoms with E-state index in [0.717, 1.165) is 11.1 Å². The van der Waals surface area contributed by atoms with E-state index in [2.05, 4.69) is 9.72 Å². The molecule has 0 radical (unpaired) electrons. The number of carbonyl (C=O) groups is 2. The zero-order valence-electron chi connectivity index (χ0n) is 15.5. The number of benzene rings is 1. The van der Waals surface area contributed by atoms with Crippen LogP contribution in [0.3, 0.4) is 0 Å². The van der Waals surface area contributed by atoms with E-state index in [-0.39, 0.29) is 24.5 Å². The normalized spacial score (nSPS) is 11.0. The SMILES string of the molecule is CCOC(=O)CON(Cc1ccccn1)C(=O)c1cccc(OCC(F)(F)F)c1. The van der Waals surface area contributed by atoms with E-state index < -0.39 is 31.3 Å². The largest absolute Gasteiger partial charge is 0.484 e. The minimum Gasteiger partial charge on any atom is -0.484 e. The van der Waals surface area contributed by atoms with E-state index in [4.69, 9.17) is 9.57 Å². The van der Waals surface area contributed by atoms with E-state index in [1.165, 1.54) is 24.4 Å². The number of nitrogens with zero attached hydrogens (tertiary/aromatic N) is 2. The van der Waals surface area contributed by atoms with Crippen molar-refractivity contribution in [3.63, 3.8) is 0 Å². The third kappa shape index (κ3) is 7.78. The van der Waals surface area contributed by atoms with Gasteiger partial charge in [-0.1, -0.05) is 12.1 Å². The molecule has 0 unspecified atom stereocenters. The van der Waals surface area contributed by atoms with E-state index in [1.807, 2.05) is 0 Å². The number of hydrogen-bond donors (Lipinski definition) is 0. The van der Waals surface area contributed by atoms with Crippen LogP contribution in [0.25, 0.3) is 0 Å². The molecule has 0 fully saturated rings. The average molecular weight is 412 g/mol. The van der Waals surface area contributed by atoms with Crippen LogP contribution in [0.15, 0.2) is 48.7 Å². The molecule has 0 bridgehead atoms. The fraction of sp³-hybridized carbons (Fsp3) is 0.316. The molecular formula is C19H19F3N2O5. The molecule has 7 nitrogen and oxygen atoms in total. The van der Waals surface area contributed by atoms with Crippen LogP contribution in [-0.2, 0) is 20.9 Å². The van der Waals surface area contributed by atoms with Crippen molar-refractivity contribution < 1.29 is 37.1 Å². The molecule has 0 aliphatic carbocycles. The molecule has 10 heteroatoms. The zero-order valence-corrected chi connectivity index (χ0v) is 15.5. The van der Waals surface area contributed by atoms with Gasteiger partial charge < -0.3 is 9.47 Å². The predicted molar refractivity (Wildman–Crippen MR) is 94.7 cm³/mol. The number of aromatic nitrogens is 1. The lowest BCUT2D eigenvalue weighted by molar-refractivity contribution is -0.171. The second-order valence-corrected chi connectivity index (χ2v) is 5.67. The third-order valence-corrected chi connectivity index (χ3v) is 3.39. The lowest BCUT2D eigenvalue weighted by Crippen LogP contribution is -2.33. The summed E-state index contributed by atoms with van der Waals surface area (Å²) in [5.41, 5.74) is 0.499. The molecule has 1 heterocycles. The summed E-state index contributed by atoms with van der Waals surface area (Å²) in [7, 11) is 0. The molecule has 29 heavy (non-hydrogen) atoms. The maximum atomic E-state index is 12.8. The van der Waals surface area contributed by atoms with Crippen molar-refractivity contribution in [2.24, 2.45) is 0 Å². The number of pyridine rings is 1. The highest BCUT2D eigenvalue weighted by atomic mass is 19.4. The second-order valence-electron chi connectivity index (χ2n) is 5.67. The first kappa shape index (κ1) is 22.2. The number of carbonyl (C=O) groups excluding carboxylic acids is 2. The maximum absolute atomic E-state index is 12.8. The van der Waals surface area contributed by atoms with E-state index in [0.29, 0.717) is 5.69 Å². The van der Waals surface area contributed by atoms with Crippen molar-refractivity contribution in [2.75, 3.05) is 19.8 Å². The van der Waals surface area contributed by atoms with Crippen LogP contribution < -0.4 is 4.74 Å². The van der Waals surface area contributed by atoms with Gasteiger partial charge in [-0.05, 0) is 37.3 Å². The minimum atomic E-state index is -4.51. The molecule has 0 N–H and O–H groups in total. The van der Waals surface area contributed by atoms with Gasteiger partial charge in [0.05, 0.1) is 18.8 Å². The summed E-state index contributed by atoms with van der Waals surface area (Å²) in [6.45, 7) is -0.318. The number of rotatable bonds is 9. The van der Waals surface area contributed by atoms with Crippen LogP contribution in [0.5, 0.6) is 5.75 Å². The topological polar surface area (TPSA) is 78.0 Å². The molecule has 2 aromatic rings. The monoisotopic (exact) mass is 412 g/mol. The summed E-state index contributed by atoms with van der Waals surface area (Å²) in [5.74, 6) is -1.48. The van der Waals surface area contributed by atoms with Crippen molar-refractivity contribution in [1.82, 2.24) is 10.0 Å². The molecule has 0 aliphatic heterocycles. The van der Waals surface area contributed by atoms with Crippen LogP contribution in [0.4, 0.5) is 13.2 Å². The molecule has 0 atom stereocenters. The van der Waals surface area contributed by atoms with Crippen LogP contribution in [-0.4, -0.2) is 47.9 Å². The Labute approximate surface area is 165 Å². The van der Waals surface area contributed by atoms with Gasteiger partial charge >= 0.3 is 12.1 Å². The fourth-order valence-electron chi connectivity index (χ4n) is 2.18. The van der Waals surface area contributed by atoms with E-state index in [1.54, 1.807) is 25.1 Å². The summed E-state index contributed by atoms with van der Waals surface area (Å²) in [6, 6.07) is 10.3. The standard InChI is InChI=1S/C19H19F3N2O5/c1-2-27-17(25)12-29-24(11-15-7-3-4-9-23-15)18(26)14-6-5-8-16(10-14)28-13-19(20,21)22/h3-10H,2,11-13H2,1H3. The van der Waals surface area contributed by atoms with Crippen LogP contribution in [0, 0.1) is 0 Å². The van der Waals surface area contributed by atoms with Gasteiger partial charge in [-0.2, -0.15) is 13.2 Å². The Morgan fingerprint density at radius 1 is 1.14 bits per heavy atom. The van der Waals surface area contributed by atoms with Gasteiger partial charge in [0, 0.05) is 11.8 Å². The Balaban J connectivity index is 2.15. The van der Waals surface area contributed by atoms with E-state index in [9.17, 15) is 22.8 Å². The minimum absolute atomic E-state index is 0.0180. The number of alkyl halides is 3. The molecule has 1 amide bonds. The van der Waals surface area contributed by atoms with Gasteiger partial charge in [0.1, 0.15) is 5.75 Å². The number of hydrogen-bond acceptors (Lipinski definition) is 6. The van der Waals surface area contributed by atoms with Crippen LogP contribution >= 0.6 is 0 Å². The lowest BCUT2D eigenvalue weighted by atomic mass is 10.2. The summed E-state index contributed by atoms with van der Waals surface area (Å²) < 4.78 is 46.4. The highest BCUT2D eigenvalue weighted by molar-refractivity contribution is 5.94. The van der Waals surface area contributed by atoms with Crippen molar-refractivity contribution in [1.29, 1.82) is 0 Å². The first-order valence-electron chi connectivity index (χ1n) is 8.58. The summed E-state index contributed by atoms with van der Waals surface area (Å²) in [4.78, 5) is 33.8. The van der Waals surface area contributed by atoms with Gasteiger partial charge in [-0.3, -0.25) is 14.6 Å². The Morgan fingerprint density at radius 2 is 1.93 bits per heavy atom. The maximum Gasteiger partial charge on any atom is 0.422 e. The first-order chi connectivity index (χ1) is 13.8. The molecule has 1 aromatic carbocycles.